The molecule has 0 heterocycles. The van der Waals surface area contributed by atoms with Crippen LogP contribution in [0, 0.1) is 13.8 Å². The molecule has 0 amide bonds. The number of nitrogens with one attached hydrogen (secondary N) is 1. The van der Waals surface area contributed by atoms with Gasteiger partial charge in [-0.05, 0) is 20.3 Å². The second-order valence-corrected chi connectivity index (χ2v) is 5.92. The van der Waals surface area contributed by atoms with Gasteiger partial charge in [0.15, 0.2) is 0 Å². The van der Waals surface area contributed by atoms with Crippen LogP contribution in [0.15, 0.2) is 58.6 Å². The summed E-state index contributed by atoms with van der Waals surface area (Å²) >= 11 is 0. The number of benzene rings is 2. The topological polar surface area (TPSA) is 62.8 Å². The molecule has 0 bridgehead atoms. The summed E-state index contributed by atoms with van der Waals surface area (Å²) in [6, 6.07) is 16.6. The van der Waals surface area contributed by atoms with Crippen LogP contribution < -0.4 is 11.2 Å². The molecular weight excluding hydrogens is 332 g/mol. The summed E-state index contributed by atoms with van der Waals surface area (Å²) in [6.45, 7) is 6.99. The third-order valence-corrected chi connectivity index (χ3v) is 3.73. The number of nitrogens with two attached hydrogens (primary N) is 1. The third-order valence-electron chi connectivity index (χ3n) is 3.73. The van der Waals surface area contributed by atoms with Gasteiger partial charge in [-0.15, -0.1) is 12.4 Å². The number of hydrogen-bond donors (Lipinski definition) is 2. The summed E-state index contributed by atoms with van der Waals surface area (Å²) in [5.41, 5.74) is 14.1. The first-order chi connectivity index (χ1) is 11.6. The lowest BCUT2D eigenvalue weighted by atomic mass is 10.0. The Balaban J connectivity index is 0.00000312. The van der Waals surface area contributed by atoms with Crippen molar-refractivity contribution in [3.8, 4) is 0 Å². The number of hydrazone groups is 1. The standard InChI is InChI=1S/C20H26N4.ClH/c1-4-5-14-22-20(21)24-23-19(17-10-6-15(2)7-11-17)18-12-8-16(3)9-13-18;/h6-13H,4-5,14H2,1-3H3,(H3,21,22,24);1H. The fourth-order valence-electron chi connectivity index (χ4n) is 2.22. The van der Waals surface area contributed by atoms with Crippen LogP contribution in [0.2, 0.25) is 0 Å². The molecule has 4 nitrogen and oxygen atoms in total. The number of hydrogen-bond acceptors (Lipinski definition) is 2. The van der Waals surface area contributed by atoms with Gasteiger partial charge >= 0.3 is 0 Å². The Bertz CT molecular complexity index is 656. The fourth-order valence-corrected chi connectivity index (χ4v) is 2.22. The molecule has 0 aliphatic rings. The lowest BCUT2D eigenvalue weighted by molar-refractivity contribution is 0.799. The lowest BCUT2D eigenvalue weighted by Gasteiger charge is -2.09. The van der Waals surface area contributed by atoms with E-state index in [9.17, 15) is 0 Å². The van der Waals surface area contributed by atoms with Gasteiger partial charge in [0.25, 0.3) is 0 Å². The van der Waals surface area contributed by atoms with Gasteiger partial charge in [0.1, 0.15) is 0 Å². The van der Waals surface area contributed by atoms with Crippen LogP contribution in [0.3, 0.4) is 0 Å². The maximum absolute atomic E-state index is 5.90. The zero-order valence-electron chi connectivity index (χ0n) is 15.1. The second kappa shape index (κ2) is 10.5. The van der Waals surface area contributed by atoms with E-state index >= 15 is 0 Å². The van der Waals surface area contributed by atoms with Crippen LogP contribution in [0.4, 0.5) is 0 Å². The highest BCUT2D eigenvalue weighted by Crippen LogP contribution is 2.13. The van der Waals surface area contributed by atoms with Crippen LogP contribution in [0.5, 0.6) is 0 Å². The minimum absolute atomic E-state index is 0. The normalized spacial score (nSPS) is 10.8. The number of guanidine groups is 1. The van der Waals surface area contributed by atoms with Crippen molar-refractivity contribution in [1.29, 1.82) is 0 Å². The average molecular weight is 359 g/mol. The summed E-state index contributed by atoms with van der Waals surface area (Å²) in [5, 5.41) is 4.51. The molecule has 25 heavy (non-hydrogen) atoms. The minimum Gasteiger partial charge on any atom is -0.369 e. The molecule has 2 rings (SSSR count). The summed E-state index contributed by atoms with van der Waals surface area (Å²) in [6.07, 6.45) is 2.12. The quantitative estimate of drug-likeness (QED) is 0.352. The molecule has 0 atom stereocenters. The highest BCUT2D eigenvalue weighted by Gasteiger charge is 2.07. The van der Waals surface area contributed by atoms with Crippen LogP contribution >= 0.6 is 12.4 Å². The molecule has 2 aromatic carbocycles. The molecular formula is C20H27ClN4. The molecule has 134 valence electrons. The Labute approximate surface area is 156 Å². The fraction of sp³-hybridized carbons (Fsp3) is 0.300. The van der Waals surface area contributed by atoms with Crippen molar-refractivity contribution in [2.45, 2.75) is 33.6 Å². The van der Waals surface area contributed by atoms with Crippen molar-refractivity contribution >= 4 is 24.1 Å². The summed E-state index contributed by atoms with van der Waals surface area (Å²) in [5.74, 6) is 0.347. The number of aliphatic imine (C=N–C) groups is 1. The highest BCUT2D eigenvalue weighted by molar-refractivity contribution is 6.13. The maximum Gasteiger partial charge on any atom is 0.209 e. The molecule has 0 aliphatic carbocycles. The van der Waals surface area contributed by atoms with Gasteiger partial charge in [-0.25, -0.2) is 5.43 Å². The Morgan fingerprint density at radius 1 is 0.920 bits per heavy atom. The molecule has 0 spiro atoms. The van der Waals surface area contributed by atoms with Crippen molar-refractivity contribution in [3.05, 3.63) is 70.8 Å². The Kier molecular flexibility index (Phi) is 8.71. The average Bonchev–Trinajstić information content (AvgIpc) is 2.58. The Hall–Kier alpha value is -2.33. The smallest absolute Gasteiger partial charge is 0.209 e. The molecule has 0 saturated heterocycles. The first-order valence-electron chi connectivity index (χ1n) is 8.38. The molecule has 0 unspecified atom stereocenters. The second-order valence-electron chi connectivity index (χ2n) is 5.92. The van der Waals surface area contributed by atoms with E-state index in [1.54, 1.807) is 0 Å². The van der Waals surface area contributed by atoms with Crippen molar-refractivity contribution in [3.63, 3.8) is 0 Å². The van der Waals surface area contributed by atoms with Crippen molar-refractivity contribution in [2.24, 2.45) is 15.8 Å². The molecule has 0 aromatic heterocycles. The summed E-state index contributed by atoms with van der Waals surface area (Å²) in [4.78, 5) is 4.28. The molecule has 2 aromatic rings. The van der Waals surface area contributed by atoms with Crippen molar-refractivity contribution in [2.75, 3.05) is 6.54 Å². The van der Waals surface area contributed by atoms with Crippen molar-refractivity contribution in [1.82, 2.24) is 5.43 Å². The molecule has 0 fully saturated rings. The van der Waals surface area contributed by atoms with E-state index < -0.39 is 0 Å². The first-order valence-corrected chi connectivity index (χ1v) is 8.38. The predicted octanol–water partition coefficient (Wildman–Crippen LogP) is 4.18. The van der Waals surface area contributed by atoms with E-state index in [0.29, 0.717) is 5.96 Å². The van der Waals surface area contributed by atoms with Gasteiger partial charge in [0, 0.05) is 17.7 Å². The molecule has 0 radical (unpaired) electrons. The first kappa shape index (κ1) is 20.7. The van der Waals surface area contributed by atoms with Crippen LogP contribution in [0.25, 0.3) is 0 Å². The van der Waals surface area contributed by atoms with Crippen LogP contribution in [-0.2, 0) is 0 Å². The predicted molar refractivity (Wildman–Crippen MR) is 110 cm³/mol. The summed E-state index contributed by atoms with van der Waals surface area (Å²) in [7, 11) is 0. The molecule has 5 heteroatoms. The van der Waals surface area contributed by atoms with E-state index in [4.69, 9.17) is 5.73 Å². The van der Waals surface area contributed by atoms with E-state index in [1.807, 2.05) is 0 Å². The maximum atomic E-state index is 5.90. The third kappa shape index (κ3) is 6.59. The van der Waals surface area contributed by atoms with Gasteiger partial charge in [-0.2, -0.15) is 5.10 Å². The van der Waals surface area contributed by atoms with Crippen LogP contribution in [-0.4, -0.2) is 18.2 Å². The Morgan fingerprint density at radius 3 is 1.84 bits per heavy atom. The molecule has 3 N–H and O–H groups in total. The number of halogens is 1. The van der Waals surface area contributed by atoms with E-state index in [-0.39, 0.29) is 12.4 Å². The SMILES string of the molecule is CCCCN=C(N)NN=C(c1ccc(C)cc1)c1ccc(C)cc1.Cl. The number of aryl methyl sites for hydroxylation is 2. The lowest BCUT2D eigenvalue weighted by Crippen LogP contribution is -2.29. The van der Waals surface area contributed by atoms with Gasteiger partial charge < -0.3 is 5.73 Å². The molecule has 0 saturated carbocycles. The van der Waals surface area contributed by atoms with E-state index in [2.05, 4.69) is 84.8 Å². The Morgan fingerprint density at radius 2 is 1.40 bits per heavy atom. The largest absolute Gasteiger partial charge is 0.369 e. The monoisotopic (exact) mass is 358 g/mol. The van der Waals surface area contributed by atoms with Gasteiger partial charge in [0.2, 0.25) is 5.96 Å². The van der Waals surface area contributed by atoms with Crippen molar-refractivity contribution < 1.29 is 0 Å². The van der Waals surface area contributed by atoms with Crippen LogP contribution in [0.1, 0.15) is 42.0 Å². The van der Waals surface area contributed by atoms with E-state index in [0.717, 1.165) is 36.2 Å². The zero-order chi connectivity index (χ0) is 17.4. The summed E-state index contributed by atoms with van der Waals surface area (Å²) < 4.78 is 0. The minimum atomic E-state index is 0. The van der Waals surface area contributed by atoms with Gasteiger partial charge in [-0.1, -0.05) is 73.0 Å². The number of unbranched alkanes of at least 4 members (excludes halogenated alkanes) is 1. The number of rotatable bonds is 6. The van der Waals surface area contributed by atoms with Gasteiger partial charge in [0.05, 0.1) is 5.71 Å². The van der Waals surface area contributed by atoms with E-state index in [1.165, 1.54) is 11.1 Å². The highest BCUT2D eigenvalue weighted by atomic mass is 35.5. The molecule has 0 aliphatic heterocycles. The zero-order valence-corrected chi connectivity index (χ0v) is 15.9. The number of nitrogens with zero attached hydrogens (tertiary/aromatic N) is 2. The van der Waals surface area contributed by atoms with Gasteiger partial charge in [-0.3, -0.25) is 4.99 Å².